The average molecular weight is 311 g/mol. The zero-order valence-electron chi connectivity index (χ0n) is 12.2. The molecule has 1 aromatic carbocycles. The molecule has 21 heavy (non-hydrogen) atoms. The normalized spacial score (nSPS) is 17.4. The molecule has 0 radical (unpaired) electrons. The highest BCUT2D eigenvalue weighted by atomic mass is 35.5. The van der Waals surface area contributed by atoms with Crippen LogP contribution in [0.3, 0.4) is 0 Å². The molecule has 0 atom stereocenters. The summed E-state index contributed by atoms with van der Waals surface area (Å²) >= 11 is 5.92. The first-order valence-electron chi connectivity index (χ1n) is 6.82. The van der Waals surface area contributed by atoms with Gasteiger partial charge in [0, 0.05) is 32.2 Å². The molecule has 2 rings (SSSR count). The number of benzene rings is 1. The van der Waals surface area contributed by atoms with E-state index in [1.807, 2.05) is 12.1 Å². The third-order valence-electron chi connectivity index (χ3n) is 4.10. The minimum absolute atomic E-state index is 0.00913. The first-order valence-corrected chi connectivity index (χ1v) is 7.20. The molecule has 0 unspecified atom stereocenters. The minimum Gasteiger partial charge on any atom is -0.465 e. The van der Waals surface area contributed by atoms with Crippen molar-refractivity contribution in [3.8, 4) is 0 Å². The third-order valence-corrected chi connectivity index (χ3v) is 4.35. The second kappa shape index (κ2) is 5.93. The number of carbonyl (C=O) groups excluding carboxylic acids is 1. The number of likely N-dealkylation sites (tertiary alicyclic amines) is 1. The number of hydrogen-bond acceptors (Lipinski definition) is 2. The Balaban J connectivity index is 2.35. The summed E-state index contributed by atoms with van der Waals surface area (Å²) in [5, 5.41) is 9.70. The second-order valence-corrected chi connectivity index (χ2v) is 5.99. The summed E-state index contributed by atoms with van der Waals surface area (Å²) in [6.45, 7) is 0.717. The third kappa shape index (κ3) is 2.97. The van der Waals surface area contributed by atoms with Crippen LogP contribution in [0.2, 0.25) is 5.02 Å². The van der Waals surface area contributed by atoms with Gasteiger partial charge < -0.3 is 14.9 Å². The van der Waals surface area contributed by atoms with E-state index in [1.54, 1.807) is 31.1 Å². The molecule has 1 heterocycles. The first-order chi connectivity index (χ1) is 9.86. The molecule has 1 aliphatic rings. The van der Waals surface area contributed by atoms with Crippen molar-refractivity contribution in [3.63, 3.8) is 0 Å². The Morgan fingerprint density at radius 3 is 2.14 bits per heavy atom. The summed E-state index contributed by atoms with van der Waals surface area (Å²) in [5.41, 5.74) is 0.232. The van der Waals surface area contributed by atoms with E-state index in [0.29, 0.717) is 31.0 Å². The van der Waals surface area contributed by atoms with Gasteiger partial charge in [0.15, 0.2) is 0 Å². The fourth-order valence-corrected chi connectivity index (χ4v) is 3.03. The first kappa shape index (κ1) is 15.6. The maximum absolute atomic E-state index is 12.7. The van der Waals surface area contributed by atoms with Crippen molar-refractivity contribution < 1.29 is 14.7 Å². The van der Waals surface area contributed by atoms with Gasteiger partial charge >= 0.3 is 6.09 Å². The predicted octanol–water partition coefficient (Wildman–Crippen LogP) is 2.44. The maximum atomic E-state index is 12.7. The Morgan fingerprint density at radius 1 is 1.19 bits per heavy atom. The predicted molar refractivity (Wildman–Crippen MR) is 80.7 cm³/mol. The van der Waals surface area contributed by atoms with Crippen LogP contribution in [0.1, 0.15) is 18.4 Å². The Kier molecular flexibility index (Phi) is 4.42. The van der Waals surface area contributed by atoms with Crippen molar-refractivity contribution in [1.82, 2.24) is 9.80 Å². The molecular formula is C15H19ClN2O3. The number of carboxylic acid groups (broad SMARTS) is 1. The molecule has 114 valence electrons. The highest BCUT2D eigenvalue weighted by Gasteiger charge is 2.44. The van der Waals surface area contributed by atoms with Crippen LogP contribution >= 0.6 is 11.6 Å². The minimum atomic E-state index is -0.933. The molecule has 6 heteroatoms. The van der Waals surface area contributed by atoms with Crippen LogP contribution in [0.25, 0.3) is 0 Å². The van der Waals surface area contributed by atoms with Crippen LogP contribution in [0.15, 0.2) is 24.3 Å². The van der Waals surface area contributed by atoms with Crippen molar-refractivity contribution >= 4 is 23.6 Å². The maximum Gasteiger partial charge on any atom is 0.407 e. The SMILES string of the molecule is CN(C)C(=O)C1(c2ccc(Cl)cc2)CCN(C(=O)O)CC1. The van der Waals surface area contributed by atoms with Crippen LogP contribution in [-0.4, -0.2) is 54.1 Å². The summed E-state index contributed by atoms with van der Waals surface area (Å²) in [6, 6.07) is 7.26. The van der Waals surface area contributed by atoms with E-state index in [-0.39, 0.29) is 5.91 Å². The number of halogens is 1. The van der Waals surface area contributed by atoms with Crippen molar-refractivity contribution in [2.45, 2.75) is 18.3 Å². The number of nitrogens with zero attached hydrogens (tertiary/aromatic N) is 2. The van der Waals surface area contributed by atoms with Gasteiger partial charge in [-0.2, -0.15) is 0 Å². The Labute approximate surface area is 129 Å². The molecule has 0 aliphatic carbocycles. The van der Waals surface area contributed by atoms with E-state index < -0.39 is 11.5 Å². The standard InChI is InChI=1S/C15H19ClN2O3/c1-17(2)13(19)15(11-3-5-12(16)6-4-11)7-9-18(10-8-15)14(20)21/h3-6H,7-10H2,1-2H3,(H,20,21). The van der Waals surface area contributed by atoms with E-state index >= 15 is 0 Å². The Bertz CT molecular complexity index is 534. The van der Waals surface area contributed by atoms with Gasteiger partial charge in [0.1, 0.15) is 0 Å². The largest absolute Gasteiger partial charge is 0.465 e. The molecule has 2 amide bonds. The highest BCUT2D eigenvalue weighted by Crippen LogP contribution is 2.37. The summed E-state index contributed by atoms with van der Waals surface area (Å²) in [6.07, 6.45) is 0.0348. The molecule has 0 bridgehead atoms. The Hall–Kier alpha value is -1.75. The molecule has 1 N–H and O–H groups in total. The van der Waals surface area contributed by atoms with Crippen molar-refractivity contribution in [3.05, 3.63) is 34.9 Å². The van der Waals surface area contributed by atoms with Crippen molar-refractivity contribution in [2.75, 3.05) is 27.2 Å². The molecule has 0 spiro atoms. The van der Waals surface area contributed by atoms with Gasteiger partial charge in [-0.05, 0) is 30.5 Å². The van der Waals surface area contributed by atoms with Crippen LogP contribution < -0.4 is 0 Å². The van der Waals surface area contributed by atoms with Gasteiger partial charge in [0.05, 0.1) is 5.41 Å². The molecule has 1 aliphatic heterocycles. The summed E-state index contributed by atoms with van der Waals surface area (Å²) < 4.78 is 0. The quantitative estimate of drug-likeness (QED) is 0.912. The van der Waals surface area contributed by atoms with Gasteiger partial charge in [-0.3, -0.25) is 4.79 Å². The topological polar surface area (TPSA) is 60.9 Å². The molecule has 5 nitrogen and oxygen atoms in total. The van der Waals surface area contributed by atoms with E-state index in [4.69, 9.17) is 16.7 Å². The molecule has 0 saturated carbocycles. The lowest BCUT2D eigenvalue weighted by Crippen LogP contribution is -2.52. The van der Waals surface area contributed by atoms with E-state index in [9.17, 15) is 9.59 Å². The van der Waals surface area contributed by atoms with Gasteiger partial charge in [-0.1, -0.05) is 23.7 Å². The van der Waals surface area contributed by atoms with Crippen LogP contribution in [0.4, 0.5) is 4.79 Å². The fraction of sp³-hybridized carbons (Fsp3) is 0.467. The van der Waals surface area contributed by atoms with Crippen molar-refractivity contribution in [1.29, 1.82) is 0 Å². The summed E-state index contributed by atoms with van der Waals surface area (Å²) in [4.78, 5) is 26.7. The highest BCUT2D eigenvalue weighted by molar-refractivity contribution is 6.30. The van der Waals surface area contributed by atoms with Crippen LogP contribution in [-0.2, 0) is 10.2 Å². The van der Waals surface area contributed by atoms with Gasteiger partial charge in [-0.15, -0.1) is 0 Å². The van der Waals surface area contributed by atoms with Crippen LogP contribution in [0, 0.1) is 0 Å². The summed E-state index contributed by atoms with van der Waals surface area (Å²) in [5.74, 6) is 0.00913. The molecular weight excluding hydrogens is 292 g/mol. The average Bonchev–Trinajstić information content (AvgIpc) is 2.47. The number of piperidine rings is 1. The fourth-order valence-electron chi connectivity index (χ4n) is 2.90. The van der Waals surface area contributed by atoms with Gasteiger partial charge in [0.2, 0.25) is 5.91 Å². The number of amides is 2. The number of carbonyl (C=O) groups is 2. The van der Waals surface area contributed by atoms with Crippen LogP contribution in [0.5, 0.6) is 0 Å². The second-order valence-electron chi connectivity index (χ2n) is 5.56. The smallest absolute Gasteiger partial charge is 0.407 e. The Morgan fingerprint density at radius 2 is 1.71 bits per heavy atom. The lowest BCUT2D eigenvalue weighted by Gasteiger charge is -2.41. The molecule has 0 aromatic heterocycles. The summed E-state index contributed by atoms with van der Waals surface area (Å²) in [7, 11) is 3.45. The van der Waals surface area contributed by atoms with Crippen molar-refractivity contribution in [2.24, 2.45) is 0 Å². The lowest BCUT2D eigenvalue weighted by molar-refractivity contribution is -0.136. The molecule has 1 fully saturated rings. The van der Waals surface area contributed by atoms with E-state index in [0.717, 1.165) is 5.56 Å². The monoisotopic (exact) mass is 310 g/mol. The lowest BCUT2D eigenvalue weighted by atomic mass is 9.71. The molecule has 1 saturated heterocycles. The number of hydrogen-bond donors (Lipinski definition) is 1. The molecule has 1 aromatic rings. The number of rotatable bonds is 2. The van der Waals surface area contributed by atoms with Gasteiger partial charge in [0.25, 0.3) is 0 Å². The van der Waals surface area contributed by atoms with E-state index in [1.165, 1.54) is 4.90 Å². The van der Waals surface area contributed by atoms with E-state index in [2.05, 4.69) is 0 Å². The van der Waals surface area contributed by atoms with Gasteiger partial charge in [-0.25, -0.2) is 4.79 Å². The number of likely N-dealkylation sites (N-methyl/N-ethyl adjacent to an activating group) is 1. The zero-order chi connectivity index (χ0) is 15.6. The zero-order valence-corrected chi connectivity index (χ0v) is 12.9.